The lowest BCUT2D eigenvalue weighted by Crippen LogP contribution is -2.17. The molecular weight excluding hydrogens is 110 g/mol. The third-order valence-electron chi connectivity index (χ3n) is 0.525. The SMILES string of the molecule is C=[N+]([N-]N)C(=O)OC. The number of carbonyl (C=O) groups is 1. The van der Waals surface area contributed by atoms with Crippen LogP contribution in [0.15, 0.2) is 0 Å². The lowest BCUT2D eigenvalue weighted by atomic mass is 11.1. The minimum absolute atomic E-state index is 0.639. The van der Waals surface area contributed by atoms with E-state index in [0.29, 0.717) is 4.68 Å². The summed E-state index contributed by atoms with van der Waals surface area (Å²) in [6, 6.07) is 0. The van der Waals surface area contributed by atoms with Crippen LogP contribution in [0.5, 0.6) is 0 Å². The number of nitrogens with two attached hydrogens (primary N) is 1. The lowest BCUT2D eigenvalue weighted by Gasteiger charge is -2.02. The Hall–Kier alpha value is -1.10. The smallest absolute Gasteiger partial charge is 0.415 e. The van der Waals surface area contributed by atoms with Crippen molar-refractivity contribution in [1.29, 1.82) is 0 Å². The molecule has 0 saturated heterocycles. The molecule has 0 aromatic rings. The fraction of sp³-hybridized carbons (Fsp3) is 0.333. The van der Waals surface area contributed by atoms with Gasteiger partial charge in [-0.1, -0.05) is 0 Å². The van der Waals surface area contributed by atoms with E-state index in [0.717, 1.165) is 0 Å². The van der Waals surface area contributed by atoms with Crippen LogP contribution in [-0.4, -0.2) is 24.6 Å². The van der Waals surface area contributed by atoms with Gasteiger partial charge in [-0.25, -0.2) is 0 Å². The zero-order valence-electron chi connectivity index (χ0n) is 4.50. The summed E-state index contributed by atoms with van der Waals surface area (Å²) in [4.78, 5) is 10.2. The highest BCUT2D eigenvalue weighted by atomic mass is 16.5. The molecule has 0 rings (SSSR count). The van der Waals surface area contributed by atoms with Crippen LogP contribution in [0, 0.1) is 0 Å². The highest BCUT2D eigenvalue weighted by Gasteiger charge is 2.04. The fourth-order valence-corrected chi connectivity index (χ4v) is 0.153. The number of amides is 1. The van der Waals surface area contributed by atoms with Gasteiger partial charge >= 0.3 is 6.09 Å². The van der Waals surface area contributed by atoms with Crippen LogP contribution in [0.3, 0.4) is 0 Å². The van der Waals surface area contributed by atoms with Gasteiger partial charge in [0.25, 0.3) is 0 Å². The van der Waals surface area contributed by atoms with Crippen molar-refractivity contribution < 1.29 is 14.2 Å². The van der Waals surface area contributed by atoms with Crippen LogP contribution in [-0.2, 0) is 4.74 Å². The van der Waals surface area contributed by atoms with Crippen LogP contribution < -0.4 is 5.84 Å². The highest BCUT2D eigenvalue weighted by molar-refractivity contribution is 5.60. The van der Waals surface area contributed by atoms with Crippen LogP contribution in [0.4, 0.5) is 4.79 Å². The van der Waals surface area contributed by atoms with Gasteiger partial charge in [0.05, 0.1) is 7.11 Å². The van der Waals surface area contributed by atoms with E-state index in [2.05, 4.69) is 22.8 Å². The molecule has 0 saturated carbocycles. The number of nitrogens with zero attached hydrogens (tertiary/aromatic N) is 2. The summed E-state index contributed by atoms with van der Waals surface area (Å²) in [7, 11) is 1.21. The van der Waals surface area contributed by atoms with Crippen LogP contribution in [0.1, 0.15) is 0 Å². The summed E-state index contributed by atoms with van der Waals surface area (Å²) in [6.07, 6.45) is -0.688. The van der Waals surface area contributed by atoms with Crippen molar-refractivity contribution in [1.82, 2.24) is 0 Å². The lowest BCUT2D eigenvalue weighted by molar-refractivity contribution is -0.386. The summed E-state index contributed by atoms with van der Waals surface area (Å²) >= 11 is 0. The third kappa shape index (κ3) is 1.57. The minimum Gasteiger partial charge on any atom is -0.415 e. The average Bonchev–Trinajstić information content (AvgIpc) is 1.84. The Morgan fingerprint density at radius 2 is 2.50 bits per heavy atom. The molecule has 0 atom stereocenters. The standard InChI is InChI=1S/C3H7N3O2/c1-6(5-4)3(7)8-2/h1,4H2,2H3. The number of hydrogen-bond donors (Lipinski definition) is 1. The normalized spacial score (nSPS) is 7.75. The Morgan fingerprint density at radius 3 is 2.62 bits per heavy atom. The predicted octanol–water partition coefficient (Wildman–Crippen LogP) is -0.372. The molecule has 0 bridgehead atoms. The van der Waals surface area contributed by atoms with E-state index in [4.69, 9.17) is 0 Å². The van der Waals surface area contributed by atoms with Gasteiger partial charge in [0.2, 0.25) is 0 Å². The molecule has 0 radical (unpaired) electrons. The second-order valence-electron chi connectivity index (χ2n) is 0.985. The molecule has 2 N–H and O–H groups in total. The molecule has 0 fully saturated rings. The van der Waals surface area contributed by atoms with Gasteiger partial charge in [-0.15, -0.1) is 0 Å². The Labute approximate surface area is 46.7 Å². The number of rotatable bonds is 1. The van der Waals surface area contributed by atoms with Crippen LogP contribution in [0.25, 0.3) is 5.53 Å². The molecule has 0 spiro atoms. The zero-order chi connectivity index (χ0) is 6.57. The molecule has 1 amide bonds. The fourth-order valence-electron chi connectivity index (χ4n) is 0.153. The van der Waals surface area contributed by atoms with E-state index in [1.807, 2.05) is 0 Å². The first-order valence-electron chi connectivity index (χ1n) is 1.81. The van der Waals surface area contributed by atoms with E-state index in [1.54, 1.807) is 0 Å². The first-order chi connectivity index (χ1) is 3.72. The van der Waals surface area contributed by atoms with Crippen molar-refractivity contribution in [2.24, 2.45) is 5.84 Å². The third-order valence-corrected chi connectivity index (χ3v) is 0.525. The van der Waals surface area contributed by atoms with Crippen molar-refractivity contribution in [3.63, 3.8) is 0 Å². The average molecular weight is 117 g/mol. The van der Waals surface area contributed by atoms with Crippen molar-refractivity contribution in [3.8, 4) is 0 Å². The Bertz CT molecular complexity index is 97.1. The molecule has 5 nitrogen and oxygen atoms in total. The second kappa shape index (κ2) is 2.98. The van der Waals surface area contributed by atoms with Gasteiger partial charge in [0, 0.05) is 0 Å². The molecule has 5 heteroatoms. The molecule has 0 aliphatic rings. The van der Waals surface area contributed by atoms with Gasteiger partial charge in [-0.3, -0.25) is 0 Å². The maximum atomic E-state index is 10.2. The van der Waals surface area contributed by atoms with Crippen LogP contribution in [0.2, 0.25) is 0 Å². The van der Waals surface area contributed by atoms with Crippen molar-refractivity contribution in [2.45, 2.75) is 0 Å². The van der Waals surface area contributed by atoms with Gasteiger partial charge in [0.1, 0.15) is 6.72 Å². The second-order valence-corrected chi connectivity index (χ2v) is 0.985. The Morgan fingerprint density at radius 1 is 2.00 bits per heavy atom. The van der Waals surface area contributed by atoms with E-state index in [1.165, 1.54) is 7.11 Å². The number of methoxy groups -OCH3 is 1. The van der Waals surface area contributed by atoms with Crippen molar-refractivity contribution >= 4 is 12.8 Å². The maximum Gasteiger partial charge on any atom is 0.591 e. The van der Waals surface area contributed by atoms with E-state index in [-0.39, 0.29) is 0 Å². The van der Waals surface area contributed by atoms with Gasteiger partial charge in [0.15, 0.2) is 0 Å². The number of hydrogen-bond acceptors (Lipinski definition) is 3. The van der Waals surface area contributed by atoms with Crippen molar-refractivity contribution in [2.75, 3.05) is 7.11 Å². The minimum atomic E-state index is -0.688. The maximum absolute atomic E-state index is 10.2. The molecule has 8 heavy (non-hydrogen) atoms. The Balaban J connectivity index is 3.64. The topological polar surface area (TPSA) is 69.4 Å². The zero-order valence-corrected chi connectivity index (χ0v) is 4.50. The summed E-state index contributed by atoms with van der Waals surface area (Å²) in [5, 5.41) is 0. The van der Waals surface area contributed by atoms with Gasteiger partial charge in [-0.2, -0.15) is 9.48 Å². The molecule has 0 aliphatic carbocycles. The predicted molar refractivity (Wildman–Crippen MR) is 27.3 cm³/mol. The molecule has 0 aromatic heterocycles. The monoisotopic (exact) mass is 117 g/mol. The molecular formula is C3H7N3O2. The first kappa shape index (κ1) is 6.90. The summed E-state index contributed by atoms with van der Waals surface area (Å²) in [5.41, 5.74) is 2.91. The molecule has 0 unspecified atom stereocenters. The van der Waals surface area contributed by atoms with E-state index < -0.39 is 6.09 Å². The van der Waals surface area contributed by atoms with Gasteiger partial charge < -0.3 is 16.1 Å². The summed E-state index contributed by atoms with van der Waals surface area (Å²) in [6.45, 7) is 3.09. The van der Waals surface area contributed by atoms with Crippen molar-refractivity contribution in [3.05, 3.63) is 5.53 Å². The molecule has 0 aliphatic heterocycles. The van der Waals surface area contributed by atoms with Gasteiger partial charge in [-0.05, 0) is 0 Å². The first-order valence-corrected chi connectivity index (χ1v) is 1.81. The van der Waals surface area contributed by atoms with E-state index >= 15 is 0 Å². The number of ether oxygens (including phenoxy) is 1. The number of carbonyl (C=O) groups excluding carboxylic acids is 1. The summed E-state index contributed by atoms with van der Waals surface area (Å²) in [5.74, 6) is 4.64. The largest absolute Gasteiger partial charge is 0.591 e. The molecule has 46 valence electrons. The highest BCUT2D eigenvalue weighted by Crippen LogP contribution is 1.80. The summed E-state index contributed by atoms with van der Waals surface area (Å²) < 4.78 is 4.79. The van der Waals surface area contributed by atoms with Crippen LogP contribution >= 0.6 is 0 Å². The molecule has 0 aromatic carbocycles. The Kier molecular flexibility index (Phi) is 2.57. The van der Waals surface area contributed by atoms with E-state index in [9.17, 15) is 4.79 Å². The molecule has 0 heterocycles. The quantitative estimate of drug-likeness (QED) is 0.220.